The lowest BCUT2D eigenvalue weighted by Crippen LogP contribution is -2.25. The molecule has 0 aliphatic rings. The van der Waals surface area contributed by atoms with E-state index in [1.807, 2.05) is 96.5 Å². The first-order chi connectivity index (χ1) is 16.7. The number of aryl methyl sites for hydroxylation is 2. The van der Waals surface area contributed by atoms with Crippen molar-refractivity contribution in [2.45, 2.75) is 0 Å². The molecule has 0 saturated carbocycles. The van der Waals surface area contributed by atoms with Gasteiger partial charge >= 0.3 is 0 Å². The van der Waals surface area contributed by atoms with Gasteiger partial charge in [-0.25, -0.2) is 9.13 Å². The van der Waals surface area contributed by atoms with Gasteiger partial charge in [0.15, 0.2) is 24.8 Å². The van der Waals surface area contributed by atoms with E-state index in [2.05, 4.69) is 71.6 Å². The van der Waals surface area contributed by atoms with E-state index in [0.29, 0.717) is 0 Å². The lowest BCUT2D eigenvalue weighted by molar-refractivity contribution is -0.671. The van der Waals surface area contributed by atoms with Crippen molar-refractivity contribution in [3.8, 4) is 58.5 Å². The highest BCUT2D eigenvalue weighted by molar-refractivity contribution is 5.65. The van der Waals surface area contributed by atoms with Crippen LogP contribution in [0.15, 0.2) is 97.6 Å². The Hall–Kier alpha value is -5.02. The van der Waals surface area contributed by atoms with Gasteiger partial charge in [-0.1, -0.05) is 47.9 Å². The summed E-state index contributed by atoms with van der Waals surface area (Å²) in [6.45, 7) is 0. The van der Waals surface area contributed by atoms with Gasteiger partial charge in [-0.15, -0.1) is 0 Å². The Balaban J connectivity index is 1.38. The van der Waals surface area contributed by atoms with Crippen LogP contribution >= 0.6 is 0 Å². The molecule has 0 saturated heterocycles. The summed E-state index contributed by atoms with van der Waals surface area (Å²) in [5.41, 5.74) is 6.04. The molecule has 158 valence electrons. The third kappa shape index (κ3) is 6.49. The Bertz CT molecular complexity index is 1410. The maximum Gasteiger partial charge on any atom is 0.169 e. The van der Waals surface area contributed by atoms with Gasteiger partial charge in [0.2, 0.25) is 0 Å². The monoisotopic (exact) mass is 434 g/mol. The fraction of sp³-hybridized carbons (Fsp3) is 0.0625. The molecule has 2 aromatic carbocycles. The Kier molecular flexibility index (Phi) is 7.19. The fourth-order valence-corrected chi connectivity index (χ4v) is 3.07. The quantitative estimate of drug-likeness (QED) is 0.318. The molecule has 34 heavy (non-hydrogen) atoms. The minimum absolute atomic E-state index is 0.936. The minimum Gasteiger partial charge on any atom is -0.208 e. The molecule has 4 aromatic rings. The molecular weight excluding hydrogens is 412 g/mol. The van der Waals surface area contributed by atoms with Crippen LogP contribution in [0.1, 0.15) is 22.3 Å². The summed E-state index contributed by atoms with van der Waals surface area (Å²) in [5.74, 6) is 24.0. The second-order valence-electron chi connectivity index (χ2n) is 7.66. The van der Waals surface area contributed by atoms with Crippen molar-refractivity contribution in [3.05, 3.63) is 120 Å². The summed E-state index contributed by atoms with van der Waals surface area (Å²) in [6, 6.07) is 24.2. The first-order valence-electron chi connectivity index (χ1n) is 10.8. The average molecular weight is 435 g/mol. The van der Waals surface area contributed by atoms with Crippen molar-refractivity contribution < 1.29 is 9.13 Å². The number of benzene rings is 2. The predicted molar refractivity (Wildman–Crippen MR) is 135 cm³/mol. The maximum absolute atomic E-state index is 3.10. The van der Waals surface area contributed by atoms with Gasteiger partial charge in [0.1, 0.15) is 14.1 Å². The van der Waals surface area contributed by atoms with Crippen molar-refractivity contribution in [1.82, 2.24) is 0 Å². The molecule has 0 spiro atoms. The van der Waals surface area contributed by atoms with Gasteiger partial charge in [-0.2, -0.15) is 0 Å². The zero-order valence-corrected chi connectivity index (χ0v) is 19.1. The number of rotatable bonds is 1. The van der Waals surface area contributed by atoms with E-state index in [0.717, 1.165) is 33.4 Å². The molecule has 2 heterocycles. The molecule has 0 radical (unpaired) electrons. The number of nitrogens with zero attached hydrogens (tertiary/aromatic N) is 2. The van der Waals surface area contributed by atoms with Gasteiger partial charge in [-0.05, 0) is 59.1 Å². The van der Waals surface area contributed by atoms with E-state index < -0.39 is 0 Å². The largest absolute Gasteiger partial charge is 0.208 e. The van der Waals surface area contributed by atoms with Crippen molar-refractivity contribution in [2.75, 3.05) is 0 Å². The lowest BCUT2D eigenvalue weighted by atomic mass is 10.0. The second kappa shape index (κ2) is 11.0. The normalized spacial score (nSPS) is 9.12. The number of pyridine rings is 2. The number of hydrogen-bond donors (Lipinski definition) is 0. The van der Waals surface area contributed by atoms with Gasteiger partial charge in [0.05, 0.1) is 0 Å². The van der Waals surface area contributed by atoms with Crippen LogP contribution in [0.2, 0.25) is 0 Å². The average Bonchev–Trinajstić information content (AvgIpc) is 2.87. The summed E-state index contributed by atoms with van der Waals surface area (Å²) in [4.78, 5) is 0. The molecule has 2 heteroatoms. The van der Waals surface area contributed by atoms with Crippen molar-refractivity contribution >= 4 is 0 Å². The number of aromatic nitrogens is 2. The minimum atomic E-state index is 0.936. The molecule has 2 aromatic heterocycles. The molecule has 0 bridgehead atoms. The SMILES string of the molecule is C[n+]1ccc(C#CC#Cc2ccc(-c3ccc(C#CC#Cc4cc[n+](C)cc4)cc3)cc2)cc1. The molecule has 4 rings (SSSR count). The Labute approximate surface area is 201 Å². The van der Waals surface area contributed by atoms with E-state index in [4.69, 9.17) is 0 Å². The van der Waals surface area contributed by atoms with E-state index in [1.165, 1.54) is 0 Å². The molecule has 0 unspecified atom stereocenters. The van der Waals surface area contributed by atoms with Crippen molar-refractivity contribution in [1.29, 1.82) is 0 Å². The highest BCUT2D eigenvalue weighted by Gasteiger charge is 1.98. The zero-order valence-electron chi connectivity index (χ0n) is 19.1. The standard InChI is InChI=1S/C32H22N2/c1-33-23-19-29(20-24-33)9-5-3-7-27-11-15-31(16-12-27)32-17-13-28(14-18-32)8-4-6-10-30-21-25-34(2)26-22-30/h11-26H,1-2H3/q+2. The van der Waals surface area contributed by atoms with E-state index in [-0.39, 0.29) is 0 Å². The Morgan fingerprint density at radius 1 is 0.382 bits per heavy atom. The first-order valence-corrected chi connectivity index (χ1v) is 10.8. The van der Waals surface area contributed by atoms with E-state index >= 15 is 0 Å². The highest BCUT2D eigenvalue weighted by Crippen LogP contribution is 2.20. The smallest absolute Gasteiger partial charge is 0.169 e. The summed E-state index contributed by atoms with van der Waals surface area (Å²) < 4.78 is 3.95. The molecular formula is C32H22N2+2. The molecule has 2 nitrogen and oxygen atoms in total. The molecule has 0 fully saturated rings. The van der Waals surface area contributed by atoms with E-state index in [9.17, 15) is 0 Å². The van der Waals surface area contributed by atoms with Crippen molar-refractivity contribution in [2.24, 2.45) is 14.1 Å². The molecule has 0 aliphatic heterocycles. The van der Waals surface area contributed by atoms with Crippen LogP contribution in [-0.2, 0) is 14.1 Å². The highest BCUT2D eigenvalue weighted by atomic mass is 14.9. The first kappa shape index (κ1) is 22.2. The zero-order chi connectivity index (χ0) is 23.6. The van der Waals surface area contributed by atoms with Crippen LogP contribution in [0.4, 0.5) is 0 Å². The number of hydrogen-bond acceptors (Lipinski definition) is 0. The Morgan fingerprint density at radius 3 is 0.941 bits per heavy atom. The molecule has 0 amide bonds. The maximum atomic E-state index is 3.10. The lowest BCUT2D eigenvalue weighted by Gasteiger charge is -2.02. The Morgan fingerprint density at radius 2 is 0.647 bits per heavy atom. The molecule has 0 N–H and O–H groups in total. The van der Waals surface area contributed by atoms with Crippen LogP contribution < -0.4 is 9.13 Å². The third-order valence-corrected chi connectivity index (χ3v) is 5.01. The van der Waals surface area contributed by atoms with Crippen LogP contribution in [0.25, 0.3) is 11.1 Å². The van der Waals surface area contributed by atoms with Gasteiger partial charge in [-0.3, -0.25) is 0 Å². The topological polar surface area (TPSA) is 7.76 Å². The summed E-state index contributed by atoms with van der Waals surface area (Å²) in [6.07, 6.45) is 7.87. The summed E-state index contributed by atoms with van der Waals surface area (Å²) >= 11 is 0. The molecule has 0 atom stereocenters. The van der Waals surface area contributed by atoms with E-state index in [1.54, 1.807) is 0 Å². The fourth-order valence-electron chi connectivity index (χ4n) is 3.07. The third-order valence-electron chi connectivity index (χ3n) is 5.01. The molecule has 0 aliphatic carbocycles. The van der Waals surface area contributed by atoms with Crippen LogP contribution in [0.5, 0.6) is 0 Å². The second-order valence-corrected chi connectivity index (χ2v) is 7.66. The van der Waals surface area contributed by atoms with Gasteiger partial charge in [0, 0.05) is 46.5 Å². The van der Waals surface area contributed by atoms with Crippen LogP contribution in [-0.4, -0.2) is 0 Å². The summed E-state index contributed by atoms with van der Waals surface area (Å²) in [5, 5.41) is 0. The summed E-state index contributed by atoms with van der Waals surface area (Å²) in [7, 11) is 3.96. The predicted octanol–water partition coefficient (Wildman–Crippen LogP) is 3.81. The van der Waals surface area contributed by atoms with Crippen molar-refractivity contribution in [3.63, 3.8) is 0 Å². The van der Waals surface area contributed by atoms with Gasteiger partial charge < -0.3 is 0 Å². The van der Waals surface area contributed by atoms with Crippen LogP contribution in [0, 0.1) is 47.4 Å². The van der Waals surface area contributed by atoms with Gasteiger partial charge in [0.25, 0.3) is 0 Å². The van der Waals surface area contributed by atoms with Crippen LogP contribution in [0.3, 0.4) is 0 Å².